The van der Waals surface area contributed by atoms with Crippen LogP contribution >= 0.6 is 23.2 Å². The summed E-state index contributed by atoms with van der Waals surface area (Å²) in [6, 6.07) is 15.1. The molecule has 2 aromatic carbocycles. The van der Waals surface area contributed by atoms with Crippen LogP contribution in [0.3, 0.4) is 0 Å². The van der Waals surface area contributed by atoms with Gasteiger partial charge in [-0.05, 0) is 23.3 Å². The predicted molar refractivity (Wildman–Crippen MR) is 83.1 cm³/mol. The highest BCUT2D eigenvalue weighted by molar-refractivity contribution is 6.35. The summed E-state index contributed by atoms with van der Waals surface area (Å²) < 4.78 is 0. The number of halogens is 2. The Balaban J connectivity index is 2.01. The minimum absolute atomic E-state index is 0.0260. The van der Waals surface area contributed by atoms with Crippen molar-refractivity contribution >= 4 is 29.1 Å². The second-order valence-corrected chi connectivity index (χ2v) is 5.49. The Labute approximate surface area is 128 Å². The van der Waals surface area contributed by atoms with E-state index in [0.29, 0.717) is 16.6 Å². The van der Waals surface area contributed by atoms with Gasteiger partial charge < -0.3 is 4.90 Å². The van der Waals surface area contributed by atoms with Crippen LogP contribution in [-0.4, -0.2) is 17.9 Å². The number of carbonyl (C=O) groups is 1. The number of hydrogen-bond acceptors (Lipinski definition) is 1. The van der Waals surface area contributed by atoms with Gasteiger partial charge in [0, 0.05) is 23.6 Å². The van der Waals surface area contributed by atoms with Gasteiger partial charge in [0.25, 0.3) is 0 Å². The lowest BCUT2D eigenvalue weighted by Gasteiger charge is -2.17. The van der Waals surface area contributed by atoms with Crippen LogP contribution in [0.1, 0.15) is 11.1 Å². The van der Waals surface area contributed by atoms with E-state index >= 15 is 0 Å². The lowest BCUT2D eigenvalue weighted by molar-refractivity contribution is -0.129. The van der Waals surface area contributed by atoms with E-state index in [1.165, 1.54) is 0 Å². The van der Waals surface area contributed by atoms with Gasteiger partial charge in [-0.2, -0.15) is 0 Å². The molecule has 0 aliphatic carbocycles. The molecule has 0 N–H and O–H groups in total. The molecule has 0 unspecified atom stereocenters. The standard InChI is InChI=1S/C16H15Cl2NO/c1-19(11-12-5-3-2-4-6-12)16(20)9-13-7-8-14(17)10-15(13)18/h2-8,10H,9,11H2,1H3. The zero-order valence-corrected chi connectivity index (χ0v) is 12.7. The molecule has 0 saturated carbocycles. The normalized spacial score (nSPS) is 10.3. The number of carbonyl (C=O) groups excluding carboxylic acids is 1. The molecule has 0 aromatic heterocycles. The Morgan fingerprint density at radius 1 is 1.10 bits per heavy atom. The van der Waals surface area contributed by atoms with E-state index in [9.17, 15) is 4.79 Å². The van der Waals surface area contributed by atoms with Crippen LogP contribution in [0.5, 0.6) is 0 Å². The first-order chi connectivity index (χ1) is 9.56. The highest BCUT2D eigenvalue weighted by Gasteiger charge is 2.12. The Bertz CT molecular complexity index is 599. The van der Waals surface area contributed by atoms with Crippen LogP contribution in [0.4, 0.5) is 0 Å². The van der Waals surface area contributed by atoms with Gasteiger partial charge in [0.1, 0.15) is 0 Å². The minimum Gasteiger partial charge on any atom is -0.341 e. The number of nitrogens with zero attached hydrogens (tertiary/aromatic N) is 1. The minimum atomic E-state index is 0.0260. The Morgan fingerprint density at radius 3 is 2.45 bits per heavy atom. The number of benzene rings is 2. The van der Waals surface area contributed by atoms with Crippen molar-refractivity contribution in [2.75, 3.05) is 7.05 Å². The SMILES string of the molecule is CN(Cc1ccccc1)C(=O)Cc1ccc(Cl)cc1Cl. The predicted octanol–water partition coefficient (Wildman–Crippen LogP) is 4.19. The molecule has 0 saturated heterocycles. The van der Waals surface area contributed by atoms with Crippen molar-refractivity contribution in [1.82, 2.24) is 4.90 Å². The summed E-state index contributed by atoms with van der Waals surface area (Å²) in [6.45, 7) is 0.588. The number of amides is 1. The van der Waals surface area contributed by atoms with Gasteiger partial charge in [0.2, 0.25) is 5.91 Å². The zero-order chi connectivity index (χ0) is 14.5. The molecule has 0 heterocycles. The molecule has 1 amide bonds. The van der Waals surface area contributed by atoms with Gasteiger partial charge in [0.05, 0.1) is 6.42 Å². The Morgan fingerprint density at radius 2 is 1.80 bits per heavy atom. The van der Waals surface area contributed by atoms with Crippen molar-refractivity contribution in [3.8, 4) is 0 Å². The second-order valence-electron chi connectivity index (χ2n) is 4.65. The third kappa shape index (κ3) is 3.99. The molecule has 20 heavy (non-hydrogen) atoms. The van der Waals surface area contributed by atoms with Gasteiger partial charge in [-0.25, -0.2) is 0 Å². The van der Waals surface area contributed by atoms with E-state index in [4.69, 9.17) is 23.2 Å². The number of rotatable bonds is 4. The molecule has 104 valence electrons. The fourth-order valence-corrected chi connectivity index (χ4v) is 2.38. The van der Waals surface area contributed by atoms with Crippen molar-refractivity contribution in [1.29, 1.82) is 0 Å². The molecule has 0 fully saturated rings. The quantitative estimate of drug-likeness (QED) is 0.829. The average molecular weight is 308 g/mol. The Kier molecular flexibility index (Phi) is 5.05. The second kappa shape index (κ2) is 6.78. The van der Waals surface area contributed by atoms with Crippen LogP contribution in [0.25, 0.3) is 0 Å². The van der Waals surface area contributed by atoms with Crippen LogP contribution < -0.4 is 0 Å². The molecule has 0 bridgehead atoms. The first kappa shape index (κ1) is 14.9. The zero-order valence-electron chi connectivity index (χ0n) is 11.1. The summed E-state index contributed by atoms with van der Waals surface area (Å²) in [5.74, 6) is 0.0260. The van der Waals surface area contributed by atoms with E-state index in [1.54, 1.807) is 30.1 Å². The van der Waals surface area contributed by atoms with Gasteiger partial charge in [0.15, 0.2) is 0 Å². The van der Waals surface area contributed by atoms with Crippen molar-refractivity contribution < 1.29 is 4.79 Å². The topological polar surface area (TPSA) is 20.3 Å². The molecule has 4 heteroatoms. The first-order valence-corrected chi connectivity index (χ1v) is 7.03. The van der Waals surface area contributed by atoms with Crippen LogP contribution in [0, 0.1) is 0 Å². The van der Waals surface area contributed by atoms with E-state index in [0.717, 1.165) is 11.1 Å². The summed E-state index contributed by atoms with van der Waals surface area (Å²) in [7, 11) is 1.79. The van der Waals surface area contributed by atoms with E-state index in [2.05, 4.69) is 0 Å². The maximum atomic E-state index is 12.2. The van der Waals surface area contributed by atoms with Crippen molar-refractivity contribution in [3.63, 3.8) is 0 Å². The number of likely N-dealkylation sites (N-methyl/N-ethyl adjacent to an activating group) is 1. The number of hydrogen-bond donors (Lipinski definition) is 0. The molecule has 0 aliphatic rings. The van der Waals surface area contributed by atoms with Gasteiger partial charge in [-0.3, -0.25) is 4.79 Å². The van der Waals surface area contributed by atoms with E-state index in [-0.39, 0.29) is 12.3 Å². The molecule has 0 atom stereocenters. The molecule has 0 spiro atoms. The van der Waals surface area contributed by atoms with Crippen molar-refractivity contribution in [2.24, 2.45) is 0 Å². The van der Waals surface area contributed by atoms with Gasteiger partial charge >= 0.3 is 0 Å². The van der Waals surface area contributed by atoms with E-state index in [1.807, 2.05) is 30.3 Å². The smallest absolute Gasteiger partial charge is 0.227 e. The highest BCUT2D eigenvalue weighted by atomic mass is 35.5. The molecule has 2 rings (SSSR count). The lowest BCUT2D eigenvalue weighted by atomic mass is 10.1. The summed E-state index contributed by atoms with van der Waals surface area (Å²) in [5, 5.41) is 1.10. The molecular formula is C16H15Cl2NO. The van der Waals surface area contributed by atoms with Gasteiger partial charge in [-0.1, -0.05) is 59.6 Å². The highest BCUT2D eigenvalue weighted by Crippen LogP contribution is 2.21. The summed E-state index contributed by atoms with van der Waals surface area (Å²) in [5.41, 5.74) is 1.89. The van der Waals surface area contributed by atoms with Crippen molar-refractivity contribution in [3.05, 3.63) is 69.7 Å². The third-order valence-corrected chi connectivity index (χ3v) is 3.63. The Hall–Kier alpha value is -1.51. The largest absolute Gasteiger partial charge is 0.341 e. The average Bonchev–Trinajstić information content (AvgIpc) is 2.43. The first-order valence-electron chi connectivity index (χ1n) is 6.28. The molecular weight excluding hydrogens is 293 g/mol. The van der Waals surface area contributed by atoms with Crippen LogP contribution in [0.2, 0.25) is 10.0 Å². The monoisotopic (exact) mass is 307 g/mol. The van der Waals surface area contributed by atoms with E-state index < -0.39 is 0 Å². The fourth-order valence-electron chi connectivity index (χ4n) is 1.91. The van der Waals surface area contributed by atoms with Crippen molar-refractivity contribution in [2.45, 2.75) is 13.0 Å². The molecule has 2 nitrogen and oxygen atoms in total. The van der Waals surface area contributed by atoms with Gasteiger partial charge in [-0.15, -0.1) is 0 Å². The summed E-state index contributed by atoms with van der Waals surface area (Å²) in [4.78, 5) is 13.9. The van der Waals surface area contributed by atoms with Crippen LogP contribution in [0.15, 0.2) is 48.5 Å². The molecule has 2 aromatic rings. The maximum Gasteiger partial charge on any atom is 0.227 e. The maximum absolute atomic E-state index is 12.2. The third-order valence-electron chi connectivity index (χ3n) is 3.05. The van der Waals surface area contributed by atoms with Crippen LogP contribution in [-0.2, 0) is 17.8 Å². The fraction of sp³-hybridized carbons (Fsp3) is 0.188. The lowest BCUT2D eigenvalue weighted by Crippen LogP contribution is -2.27. The molecule has 0 aliphatic heterocycles. The summed E-state index contributed by atoms with van der Waals surface area (Å²) >= 11 is 11.9. The molecule has 0 radical (unpaired) electrons. The summed E-state index contributed by atoms with van der Waals surface area (Å²) in [6.07, 6.45) is 0.277.